The largest absolute Gasteiger partial charge is 0.303 e. The Labute approximate surface area is 141 Å². The van der Waals surface area contributed by atoms with Crippen molar-refractivity contribution in [3.63, 3.8) is 0 Å². The van der Waals surface area contributed by atoms with Crippen LogP contribution in [0.4, 0.5) is 4.39 Å². The second-order valence-corrected chi connectivity index (χ2v) is 8.94. The summed E-state index contributed by atoms with van der Waals surface area (Å²) in [6.07, 6.45) is 8.58. The fourth-order valence-corrected chi connectivity index (χ4v) is 4.39. The number of aryl methyl sites for hydroxylation is 1. The van der Waals surface area contributed by atoms with Crippen LogP contribution in [0.3, 0.4) is 0 Å². The quantitative estimate of drug-likeness (QED) is 0.713. The molecule has 0 saturated carbocycles. The number of halogens is 1. The van der Waals surface area contributed by atoms with Gasteiger partial charge < -0.3 is 4.90 Å². The second-order valence-electron chi connectivity index (χ2n) is 8.94. The molecule has 1 heterocycles. The average Bonchev–Trinajstić information content (AvgIpc) is 2.67. The molecule has 1 aromatic rings. The molecule has 23 heavy (non-hydrogen) atoms. The van der Waals surface area contributed by atoms with Crippen LogP contribution >= 0.6 is 0 Å². The van der Waals surface area contributed by atoms with Crippen LogP contribution < -0.4 is 0 Å². The summed E-state index contributed by atoms with van der Waals surface area (Å²) in [5, 5.41) is 0. The number of piperidine rings is 1. The molecule has 3 rings (SSSR count). The summed E-state index contributed by atoms with van der Waals surface area (Å²) in [6, 6.07) is 5.55. The molecule has 1 spiro atoms. The van der Waals surface area contributed by atoms with E-state index in [-0.39, 0.29) is 11.2 Å². The highest BCUT2D eigenvalue weighted by molar-refractivity contribution is 5.37. The highest BCUT2D eigenvalue weighted by atomic mass is 19.1. The predicted octanol–water partition coefficient (Wildman–Crippen LogP) is 5.32. The predicted molar refractivity (Wildman–Crippen MR) is 95.4 cm³/mol. The van der Waals surface area contributed by atoms with Gasteiger partial charge in [0.1, 0.15) is 5.82 Å². The third-order valence-electron chi connectivity index (χ3n) is 5.99. The lowest BCUT2D eigenvalue weighted by molar-refractivity contribution is 0.136. The van der Waals surface area contributed by atoms with Crippen molar-refractivity contribution in [3.8, 4) is 0 Å². The van der Waals surface area contributed by atoms with Crippen molar-refractivity contribution in [2.24, 2.45) is 5.41 Å². The molecule has 0 amide bonds. The SMILES string of the molecule is CC(C)(C)CCN1CCC2(CCCCc3ccc(F)cc32)CC1. The molecule has 1 aliphatic heterocycles. The van der Waals surface area contributed by atoms with Crippen LogP contribution in [-0.4, -0.2) is 24.5 Å². The number of hydrogen-bond acceptors (Lipinski definition) is 1. The lowest BCUT2D eigenvalue weighted by atomic mass is 9.69. The van der Waals surface area contributed by atoms with Gasteiger partial charge in [-0.3, -0.25) is 0 Å². The van der Waals surface area contributed by atoms with Gasteiger partial charge in [-0.2, -0.15) is 0 Å². The van der Waals surface area contributed by atoms with Crippen molar-refractivity contribution < 1.29 is 4.39 Å². The van der Waals surface area contributed by atoms with Crippen LogP contribution in [0, 0.1) is 11.2 Å². The first-order chi connectivity index (χ1) is 10.9. The third-order valence-corrected chi connectivity index (χ3v) is 5.99. The molecule has 2 heteroatoms. The van der Waals surface area contributed by atoms with Crippen molar-refractivity contribution in [3.05, 3.63) is 35.1 Å². The molecule has 0 radical (unpaired) electrons. The van der Waals surface area contributed by atoms with Crippen LogP contribution in [0.5, 0.6) is 0 Å². The Hall–Kier alpha value is -0.890. The summed E-state index contributed by atoms with van der Waals surface area (Å²) >= 11 is 0. The second kappa shape index (κ2) is 6.55. The molecular formula is C21H32FN. The number of nitrogens with zero attached hydrogens (tertiary/aromatic N) is 1. The molecule has 128 valence electrons. The molecule has 1 aliphatic carbocycles. The number of hydrogen-bond donors (Lipinski definition) is 0. The fraction of sp³-hybridized carbons (Fsp3) is 0.714. The fourth-order valence-electron chi connectivity index (χ4n) is 4.39. The molecule has 0 atom stereocenters. The van der Waals surface area contributed by atoms with Crippen LogP contribution in [-0.2, 0) is 11.8 Å². The summed E-state index contributed by atoms with van der Waals surface area (Å²) in [5.74, 6) is -0.0554. The van der Waals surface area contributed by atoms with E-state index in [1.165, 1.54) is 69.3 Å². The smallest absolute Gasteiger partial charge is 0.123 e. The number of fused-ring (bicyclic) bond motifs is 2. The Morgan fingerprint density at radius 2 is 1.83 bits per heavy atom. The Balaban J connectivity index is 1.73. The van der Waals surface area contributed by atoms with Crippen LogP contribution in [0.2, 0.25) is 0 Å². The van der Waals surface area contributed by atoms with E-state index in [1.54, 1.807) is 6.07 Å². The van der Waals surface area contributed by atoms with E-state index in [9.17, 15) is 4.39 Å². The summed E-state index contributed by atoms with van der Waals surface area (Å²) in [7, 11) is 0. The minimum absolute atomic E-state index is 0.0554. The van der Waals surface area contributed by atoms with Crippen molar-refractivity contribution in [1.29, 1.82) is 0 Å². The highest BCUT2D eigenvalue weighted by Gasteiger charge is 2.38. The maximum absolute atomic E-state index is 13.9. The summed E-state index contributed by atoms with van der Waals surface area (Å²) in [6.45, 7) is 10.5. The zero-order valence-corrected chi connectivity index (χ0v) is 15.1. The van der Waals surface area contributed by atoms with Crippen LogP contribution in [0.15, 0.2) is 18.2 Å². The maximum atomic E-state index is 13.9. The van der Waals surface area contributed by atoms with Gasteiger partial charge in [0, 0.05) is 0 Å². The van der Waals surface area contributed by atoms with Gasteiger partial charge in [0.25, 0.3) is 0 Å². The maximum Gasteiger partial charge on any atom is 0.123 e. The van der Waals surface area contributed by atoms with E-state index < -0.39 is 0 Å². The van der Waals surface area contributed by atoms with Crippen molar-refractivity contribution in [2.45, 2.75) is 71.1 Å². The normalized spacial score (nSPS) is 21.9. The average molecular weight is 317 g/mol. The Morgan fingerprint density at radius 1 is 1.09 bits per heavy atom. The number of likely N-dealkylation sites (tertiary alicyclic amines) is 1. The van der Waals surface area contributed by atoms with Gasteiger partial charge >= 0.3 is 0 Å². The number of rotatable bonds is 2. The van der Waals surface area contributed by atoms with Crippen molar-refractivity contribution in [1.82, 2.24) is 4.90 Å². The van der Waals surface area contributed by atoms with Gasteiger partial charge in [-0.15, -0.1) is 0 Å². The third kappa shape index (κ3) is 3.96. The molecule has 1 fully saturated rings. The van der Waals surface area contributed by atoms with Gasteiger partial charge in [0.15, 0.2) is 0 Å². The van der Waals surface area contributed by atoms with Crippen LogP contribution in [0.1, 0.15) is 70.4 Å². The van der Waals surface area contributed by atoms with Crippen molar-refractivity contribution >= 4 is 0 Å². The van der Waals surface area contributed by atoms with Gasteiger partial charge in [0.2, 0.25) is 0 Å². The van der Waals surface area contributed by atoms with E-state index >= 15 is 0 Å². The van der Waals surface area contributed by atoms with Crippen LogP contribution in [0.25, 0.3) is 0 Å². The standard InChI is InChI=1S/C21H32FN/c1-20(2,3)10-13-23-14-11-21(12-15-23)9-5-4-6-17-7-8-18(22)16-19(17)21/h7-8,16H,4-6,9-15H2,1-3H3. The lowest BCUT2D eigenvalue weighted by Gasteiger charge is -2.43. The molecule has 1 saturated heterocycles. The number of benzene rings is 1. The molecular weight excluding hydrogens is 285 g/mol. The van der Waals surface area contributed by atoms with E-state index in [0.717, 1.165) is 6.42 Å². The van der Waals surface area contributed by atoms with E-state index in [2.05, 4.69) is 25.7 Å². The summed E-state index contributed by atoms with van der Waals surface area (Å²) in [4.78, 5) is 2.63. The first-order valence-electron chi connectivity index (χ1n) is 9.39. The first kappa shape index (κ1) is 17.0. The molecule has 0 unspecified atom stereocenters. The minimum atomic E-state index is -0.0554. The minimum Gasteiger partial charge on any atom is -0.303 e. The van der Waals surface area contributed by atoms with Gasteiger partial charge in [0.05, 0.1) is 0 Å². The topological polar surface area (TPSA) is 3.24 Å². The molecule has 1 aromatic carbocycles. The van der Waals surface area contributed by atoms with Gasteiger partial charge in [-0.25, -0.2) is 4.39 Å². The molecule has 1 nitrogen and oxygen atoms in total. The molecule has 0 aromatic heterocycles. The molecule has 2 aliphatic rings. The lowest BCUT2D eigenvalue weighted by Crippen LogP contribution is -2.43. The Bertz CT molecular complexity index is 535. The summed E-state index contributed by atoms with van der Waals surface area (Å²) in [5.41, 5.74) is 3.40. The Kier molecular flexibility index (Phi) is 4.83. The monoisotopic (exact) mass is 317 g/mol. The zero-order chi connectivity index (χ0) is 16.5. The van der Waals surface area contributed by atoms with E-state index in [4.69, 9.17) is 0 Å². The molecule has 0 N–H and O–H groups in total. The van der Waals surface area contributed by atoms with Gasteiger partial charge in [-0.05, 0) is 92.2 Å². The van der Waals surface area contributed by atoms with Crippen molar-refractivity contribution in [2.75, 3.05) is 19.6 Å². The first-order valence-corrected chi connectivity index (χ1v) is 9.39. The highest BCUT2D eigenvalue weighted by Crippen LogP contribution is 2.44. The van der Waals surface area contributed by atoms with E-state index in [0.29, 0.717) is 5.41 Å². The van der Waals surface area contributed by atoms with E-state index in [1.807, 2.05) is 12.1 Å². The van der Waals surface area contributed by atoms with Gasteiger partial charge in [-0.1, -0.05) is 33.3 Å². The molecule has 0 bridgehead atoms. The Morgan fingerprint density at radius 3 is 2.52 bits per heavy atom. The summed E-state index contributed by atoms with van der Waals surface area (Å²) < 4.78 is 13.9. The zero-order valence-electron chi connectivity index (χ0n) is 15.1.